The predicted molar refractivity (Wildman–Crippen MR) is 120 cm³/mol. The second-order valence-corrected chi connectivity index (χ2v) is 10.5. The molecule has 2 saturated heterocycles. The number of rotatable bonds is 4. The minimum Gasteiger partial charge on any atom is -0.461 e. The monoisotopic (exact) mass is 474 g/mol. The van der Waals surface area contributed by atoms with Gasteiger partial charge in [-0.25, -0.2) is 4.79 Å². The smallest absolute Gasteiger partial charge is 0.342 e. The first-order valence-corrected chi connectivity index (χ1v) is 12.1. The zero-order chi connectivity index (χ0) is 25.1. The summed E-state index contributed by atoms with van der Waals surface area (Å²) in [6.45, 7) is 10.5. The Kier molecular flexibility index (Phi) is 6.03. The number of esters is 3. The van der Waals surface area contributed by atoms with Gasteiger partial charge in [-0.15, -0.1) is 0 Å². The van der Waals surface area contributed by atoms with Crippen molar-refractivity contribution >= 4 is 23.7 Å². The molecule has 0 radical (unpaired) electrons. The lowest BCUT2D eigenvalue weighted by atomic mass is 9.57. The molecule has 0 N–H and O–H groups in total. The minimum absolute atomic E-state index is 0.123. The Labute approximate surface area is 200 Å². The third kappa shape index (κ3) is 3.53. The highest BCUT2D eigenvalue weighted by Crippen LogP contribution is 2.64. The lowest BCUT2D eigenvalue weighted by molar-refractivity contribution is -0.180. The van der Waals surface area contributed by atoms with Gasteiger partial charge < -0.3 is 18.9 Å². The molecule has 1 spiro atoms. The lowest BCUT2D eigenvalue weighted by Crippen LogP contribution is -2.59. The van der Waals surface area contributed by atoms with Crippen LogP contribution < -0.4 is 0 Å². The van der Waals surface area contributed by atoms with Crippen LogP contribution in [0.4, 0.5) is 0 Å². The fourth-order valence-corrected chi connectivity index (χ4v) is 6.18. The van der Waals surface area contributed by atoms with Crippen molar-refractivity contribution in [2.24, 2.45) is 17.3 Å². The van der Waals surface area contributed by atoms with Crippen LogP contribution in [0.1, 0.15) is 67.2 Å². The van der Waals surface area contributed by atoms with E-state index in [1.165, 1.54) is 13.0 Å². The molecular weight excluding hydrogens is 440 g/mol. The van der Waals surface area contributed by atoms with Gasteiger partial charge in [0.2, 0.25) is 0 Å². The Bertz CT molecular complexity index is 981. The van der Waals surface area contributed by atoms with Crippen LogP contribution in [-0.4, -0.2) is 53.2 Å². The lowest BCUT2D eigenvalue weighted by Gasteiger charge is -2.49. The minimum atomic E-state index is -1.30. The molecule has 2 aliphatic heterocycles. The number of ether oxygens (including phenoxy) is 4. The van der Waals surface area contributed by atoms with Gasteiger partial charge >= 0.3 is 17.9 Å². The molecular formula is C26H34O8. The normalized spacial score (nSPS) is 44.5. The van der Waals surface area contributed by atoms with Crippen molar-refractivity contribution in [3.8, 4) is 0 Å². The molecule has 0 amide bonds. The maximum absolute atomic E-state index is 12.9. The Morgan fingerprint density at radius 3 is 2.53 bits per heavy atom. The van der Waals surface area contributed by atoms with E-state index in [0.717, 1.165) is 5.57 Å². The van der Waals surface area contributed by atoms with Crippen molar-refractivity contribution in [2.75, 3.05) is 0 Å². The van der Waals surface area contributed by atoms with E-state index in [1.54, 1.807) is 19.9 Å². The maximum atomic E-state index is 12.9. The van der Waals surface area contributed by atoms with Crippen LogP contribution in [0.15, 0.2) is 23.8 Å². The summed E-state index contributed by atoms with van der Waals surface area (Å²) in [4.78, 5) is 50.7. The first-order valence-electron chi connectivity index (χ1n) is 12.1. The van der Waals surface area contributed by atoms with Crippen LogP contribution in [0, 0.1) is 17.3 Å². The molecule has 8 nitrogen and oxygen atoms in total. The number of epoxide rings is 1. The quantitative estimate of drug-likeness (QED) is 0.264. The van der Waals surface area contributed by atoms with Gasteiger partial charge in [-0.05, 0) is 45.3 Å². The third-order valence-corrected chi connectivity index (χ3v) is 8.14. The zero-order valence-corrected chi connectivity index (χ0v) is 20.7. The second kappa shape index (κ2) is 8.33. The number of carbonyl (C=O) groups is 4. The maximum Gasteiger partial charge on any atom is 0.342 e. The summed E-state index contributed by atoms with van der Waals surface area (Å²) in [6, 6.07) is 0. The molecule has 4 rings (SSSR count). The Morgan fingerprint density at radius 2 is 1.91 bits per heavy atom. The molecule has 2 heterocycles. The van der Waals surface area contributed by atoms with Crippen LogP contribution in [0.2, 0.25) is 0 Å². The molecule has 0 aromatic rings. The summed E-state index contributed by atoms with van der Waals surface area (Å²) in [5.74, 6) is -2.69. The summed E-state index contributed by atoms with van der Waals surface area (Å²) in [6.07, 6.45) is 4.89. The molecule has 0 aromatic carbocycles. The fourth-order valence-electron chi connectivity index (χ4n) is 6.18. The van der Waals surface area contributed by atoms with Crippen molar-refractivity contribution in [1.29, 1.82) is 0 Å². The van der Waals surface area contributed by atoms with E-state index < -0.39 is 58.7 Å². The van der Waals surface area contributed by atoms with Crippen molar-refractivity contribution in [2.45, 2.75) is 96.7 Å². The van der Waals surface area contributed by atoms with Crippen LogP contribution in [0.5, 0.6) is 0 Å². The average molecular weight is 475 g/mol. The highest BCUT2D eigenvalue weighted by molar-refractivity contribution is 5.93. The molecule has 2 fully saturated rings. The first-order chi connectivity index (χ1) is 15.9. The van der Waals surface area contributed by atoms with Crippen molar-refractivity contribution in [1.82, 2.24) is 0 Å². The summed E-state index contributed by atoms with van der Waals surface area (Å²) in [5, 5.41) is 0. The summed E-state index contributed by atoms with van der Waals surface area (Å²) < 4.78 is 23.8. The Morgan fingerprint density at radius 1 is 1.21 bits per heavy atom. The van der Waals surface area contributed by atoms with Gasteiger partial charge in [-0.3, -0.25) is 14.4 Å². The van der Waals surface area contributed by atoms with Crippen molar-refractivity contribution in [3.05, 3.63) is 23.8 Å². The number of carbonyl (C=O) groups excluding carboxylic acids is 4. The van der Waals surface area contributed by atoms with Crippen LogP contribution in [0.3, 0.4) is 0 Å². The van der Waals surface area contributed by atoms with Crippen LogP contribution in [-0.2, 0) is 38.1 Å². The first kappa shape index (κ1) is 24.6. The predicted octanol–water partition coefficient (Wildman–Crippen LogP) is 3.22. The van der Waals surface area contributed by atoms with E-state index in [1.807, 2.05) is 26.8 Å². The highest BCUT2D eigenvalue weighted by Gasteiger charge is 2.87. The largest absolute Gasteiger partial charge is 0.461 e. The second-order valence-electron chi connectivity index (χ2n) is 10.5. The fraction of sp³-hybridized carbons (Fsp3) is 0.692. The van der Waals surface area contributed by atoms with Crippen LogP contribution >= 0.6 is 0 Å². The van der Waals surface area contributed by atoms with E-state index in [2.05, 4.69) is 0 Å². The van der Waals surface area contributed by atoms with E-state index in [9.17, 15) is 19.2 Å². The number of hydrogen-bond acceptors (Lipinski definition) is 8. The van der Waals surface area contributed by atoms with E-state index >= 15 is 0 Å². The van der Waals surface area contributed by atoms with E-state index in [0.29, 0.717) is 19.3 Å². The molecule has 0 saturated carbocycles. The summed E-state index contributed by atoms with van der Waals surface area (Å²) in [5.41, 5.74) is -2.47. The summed E-state index contributed by atoms with van der Waals surface area (Å²) in [7, 11) is 0. The summed E-state index contributed by atoms with van der Waals surface area (Å²) >= 11 is 0. The standard InChI is InChI=1S/C26H34O8/c1-7-8-20(29)32-18-10-9-14(2)13-19-26(25(6,34-26)23(30)33-19)22(31-16(4)27)21-15(3)17(28)11-12-24(18,21)5/h11-13,15,18-19,21-22H,7-10H2,1-6H3/b14-13-/t15-,18+,19-,21+,22+,24+,25?,26-/m0/s1. The van der Waals surface area contributed by atoms with Gasteiger partial charge in [0.05, 0.1) is 0 Å². The van der Waals surface area contributed by atoms with Gasteiger partial charge in [0.15, 0.2) is 23.1 Å². The number of ketones is 1. The SMILES string of the molecule is CCCC(=O)O[C@@H]1CC/C(C)=C\[C@@H]2OC(=O)C3(C)O[C@]23[C@H](OC(C)=O)[C@H]2[C@@H](C)C(=O)C=C[C@@]21C. The molecule has 0 bridgehead atoms. The third-order valence-electron chi connectivity index (χ3n) is 8.14. The highest BCUT2D eigenvalue weighted by atomic mass is 16.7. The van der Waals surface area contributed by atoms with Gasteiger partial charge in [-0.1, -0.05) is 32.4 Å². The van der Waals surface area contributed by atoms with E-state index in [-0.39, 0.29) is 18.2 Å². The molecule has 34 heavy (non-hydrogen) atoms. The molecule has 1 unspecified atom stereocenters. The van der Waals surface area contributed by atoms with Crippen molar-refractivity contribution < 1.29 is 38.1 Å². The number of allylic oxidation sites excluding steroid dienone is 2. The van der Waals surface area contributed by atoms with Crippen LogP contribution in [0.25, 0.3) is 0 Å². The average Bonchev–Trinajstić information content (AvgIpc) is 3.34. The Hall–Kier alpha value is -2.48. The topological polar surface area (TPSA) is 108 Å². The van der Waals surface area contributed by atoms with Gasteiger partial charge in [0.1, 0.15) is 12.2 Å². The molecule has 8 heteroatoms. The molecule has 8 atom stereocenters. The zero-order valence-electron chi connectivity index (χ0n) is 20.7. The Balaban J connectivity index is 1.91. The number of fused-ring (bicyclic) bond motifs is 1. The van der Waals surface area contributed by atoms with Gasteiger partial charge in [0.25, 0.3) is 0 Å². The molecule has 4 aliphatic rings. The van der Waals surface area contributed by atoms with Gasteiger partial charge in [0, 0.05) is 30.6 Å². The molecule has 0 aromatic heterocycles. The molecule has 2 aliphatic carbocycles. The van der Waals surface area contributed by atoms with Gasteiger partial charge in [-0.2, -0.15) is 0 Å². The molecule has 186 valence electrons. The number of hydrogen-bond donors (Lipinski definition) is 0. The van der Waals surface area contributed by atoms with Crippen molar-refractivity contribution in [3.63, 3.8) is 0 Å². The van der Waals surface area contributed by atoms with E-state index in [4.69, 9.17) is 18.9 Å².